The molecule has 4 heteroatoms. The van der Waals surface area contributed by atoms with Crippen molar-refractivity contribution < 1.29 is 14.3 Å². The van der Waals surface area contributed by atoms with E-state index in [2.05, 4.69) is 4.98 Å². The van der Waals surface area contributed by atoms with Crippen LogP contribution in [0.3, 0.4) is 0 Å². The van der Waals surface area contributed by atoms with Crippen LogP contribution in [0, 0.1) is 0 Å². The maximum Gasteiger partial charge on any atom is 0.341 e. The molecule has 0 unspecified atom stereocenters. The Morgan fingerprint density at radius 2 is 1.70 bits per heavy atom. The summed E-state index contributed by atoms with van der Waals surface area (Å²) in [6.07, 6.45) is 1.54. The van der Waals surface area contributed by atoms with Gasteiger partial charge in [0.05, 0.1) is 12.8 Å². The van der Waals surface area contributed by atoms with E-state index in [0.717, 1.165) is 16.5 Å². The molecule has 1 N–H and O–H groups in total. The van der Waals surface area contributed by atoms with Crippen LogP contribution in [-0.2, 0) is 9.53 Å². The zero-order chi connectivity index (χ0) is 16.2. The van der Waals surface area contributed by atoms with Gasteiger partial charge in [0, 0.05) is 10.9 Å². The Kier molecular flexibility index (Phi) is 4.06. The van der Waals surface area contributed by atoms with Gasteiger partial charge in [-0.3, -0.25) is 4.79 Å². The minimum Gasteiger partial charge on any atom is -0.465 e. The van der Waals surface area contributed by atoms with E-state index in [9.17, 15) is 9.59 Å². The second-order valence-electron chi connectivity index (χ2n) is 5.06. The summed E-state index contributed by atoms with van der Waals surface area (Å²) < 4.78 is 4.76. The molecule has 0 aliphatic carbocycles. The number of hydrogen-bond acceptors (Lipinski definition) is 3. The average molecular weight is 305 g/mol. The number of esters is 1. The number of hydrogen-bond donors (Lipinski definition) is 1. The van der Waals surface area contributed by atoms with E-state index >= 15 is 0 Å². The molecule has 0 saturated carbocycles. The molecular weight excluding hydrogens is 290 g/mol. The van der Waals surface area contributed by atoms with Crippen molar-refractivity contribution in [1.29, 1.82) is 0 Å². The van der Waals surface area contributed by atoms with Gasteiger partial charge in [0.1, 0.15) is 5.57 Å². The molecule has 2 aromatic carbocycles. The lowest BCUT2D eigenvalue weighted by atomic mass is 10.0. The smallest absolute Gasteiger partial charge is 0.341 e. The summed E-state index contributed by atoms with van der Waals surface area (Å²) in [7, 11) is 1.26. The first-order chi connectivity index (χ1) is 11.2. The highest BCUT2D eigenvalue weighted by Gasteiger charge is 2.22. The van der Waals surface area contributed by atoms with Gasteiger partial charge >= 0.3 is 5.97 Å². The van der Waals surface area contributed by atoms with Crippen molar-refractivity contribution in [1.82, 2.24) is 4.98 Å². The molecule has 3 aromatic rings. The molecule has 114 valence electrons. The molecule has 0 bridgehead atoms. The molecule has 3 rings (SSSR count). The highest BCUT2D eigenvalue weighted by atomic mass is 16.5. The van der Waals surface area contributed by atoms with Crippen LogP contribution in [0.4, 0.5) is 0 Å². The van der Waals surface area contributed by atoms with E-state index in [4.69, 9.17) is 4.74 Å². The van der Waals surface area contributed by atoms with Crippen LogP contribution in [0.1, 0.15) is 16.1 Å². The van der Waals surface area contributed by atoms with Crippen molar-refractivity contribution in [3.05, 3.63) is 77.5 Å². The second kappa shape index (κ2) is 6.32. The fourth-order valence-electron chi connectivity index (χ4n) is 2.38. The van der Waals surface area contributed by atoms with Gasteiger partial charge in [-0.05, 0) is 23.8 Å². The normalized spacial score (nSPS) is 11.4. The number of para-hydroxylation sites is 1. The molecule has 0 atom stereocenters. The Bertz CT molecular complexity index is 858. The van der Waals surface area contributed by atoms with Gasteiger partial charge in [-0.25, -0.2) is 4.79 Å². The van der Waals surface area contributed by atoms with Crippen molar-refractivity contribution >= 4 is 28.7 Å². The molecule has 0 amide bonds. The second-order valence-corrected chi connectivity index (χ2v) is 5.06. The third kappa shape index (κ3) is 3.06. The number of carbonyl (C=O) groups excluding carboxylic acids is 2. The first kappa shape index (κ1) is 14.8. The molecule has 0 aliphatic rings. The number of aromatic nitrogens is 1. The maximum atomic E-state index is 12.7. The van der Waals surface area contributed by atoms with E-state index in [1.165, 1.54) is 7.11 Å². The number of ether oxygens (including phenoxy) is 1. The number of methoxy groups -OCH3 is 1. The van der Waals surface area contributed by atoms with E-state index in [1.54, 1.807) is 12.1 Å². The van der Waals surface area contributed by atoms with Gasteiger partial charge in [-0.2, -0.15) is 0 Å². The summed E-state index contributed by atoms with van der Waals surface area (Å²) in [5.41, 5.74) is 1.96. The Labute approximate surface area is 133 Å². The minimum absolute atomic E-state index is 0.00902. The van der Waals surface area contributed by atoms with Crippen molar-refractivity contribution in [2.75, 3.05) is 7.11 Å². The molecule has 0 aliphatic heterocycles. The zero-order valence-corrected chi connectivity index (χ0v) is 12.6. The first-order valence-electron chi connectivity index (χ1n) is 7.16. The van der Waals surface area contributed by atoms with Gasteiger partial charge in [-0.1, -0.05) is 48.5 Å². The summed E-state index contributed by atoms with van der Waals surface area (Å²) in [4.78, 5) is 27.8. The molecule has 0 fully saturated rings. The topological polar surface area (TPSA) is 59.2 Å². The number of carbonyl (C=O) groups is 2. The van der Waals surface area contributed by atoms with Crippen molar-refractivity contribution in [3.63, 3.8) is 0 Å². The van der Waals surface area contributed by atoms with Crippen molar-refractivity contribution in [2.24, 2.45) is 0 Å². The Morgan fingerprint density at radius 1 is 1.00 bits per heavy atom. The molecule has 0 radical (unpaired) electrons. The summed E-state index contributed by atoms with van der Waals surface area (Å²) in [5, 5.41) is 0.916. The number of rotatable bonds is 4. The van der Waals surface area contributed by atoms with Crippen LogP contribution in [-0.4, -0.2) is 23.8 Å². The van der Waals surface area contributed by atoms with Crippen molar-refractivity contribution in [2.45, 2.75) is 0 Å². The predicted octanol–water partition coefficient (Wildman–Crippen LogP) is 3.61. The molecular formula is C19H15NO3. The van der Waals surface area contributed by atoms with Crippen LogP contribution in [0.2, 0.25) is 0 Å². The largest absolute Gasteiger partial charge is 0.465 e. The highest BCUT2D eigenvalue weighted by molar-refractivity contribution is 6.27. The Hall–Kier alpha value is -3.14. The maximum absolute atomic E-state index is 12.7. The first-order valence-corrected chi connectivity index (χ1v) is 7.16. The van der Waals surface area contributed by atoms with E-state index in [0.29, 0.717) is 5.69 Å². The molecule has 4 nitrogen and oxygen atoms in total. The number of aromatic amines is 1. The highest BCUT2D eigenvalue weighted by Crippen LogP contribution is 2.19. The molecule has 1 heterocycles. The molecule has 23 heavy (non-hydrogen) atoms. The number of fused-ring (bicyclic) bond motifs is 1. The predicted molar refractivity (Wildman–Crippen MR) is 89.1 cm³/mol. The zero-order valence-electron chi connectivity index (χ0n) is 12.6. The molecule has 1 aromatic heterocycles. The monoisotopic (exact) mass is 305 g/mol. The minimum atomic E-state index is -0.655. The summed E-state index contributed by atoms with van der Waals surface area (Å²) in [6, 6.07) is 18.5. The summed E-state index contributed by atoms with van der Waals surface area (Å²) >= 11 is 0. The third-order valence-electron chi connectivity index (χ3n) is 3.54. The van der Waals surface area contributed by atoms with Crippen LogP contribution in [0.5, 0.6) is 0 Å². The number of nitrogens with one attached hydrogen (secondary N) is 1. The third-order valence-corrected chi connectivity index (χ3v) is 3.54. The Balaban J connectivity index is 2.04. The van der Waals surface area contributed by atoms with E-state index < -0.39 is 11.8 Å². The van der Waals surface area contributed by atoms with Gasteiger partial charge in [-0.15, -0.1) is 0 Å². The lowest BCUT2D eigenvalue weighted by molar-refractivity contribution is -0.135. The summed E-state index contributed by atoms with van der Waals surface area (Å²) in [6.45, 7) is 0. The number of H-pyrrole nitrogens is 1. The lowest BCUT2D eigenvalue weighted by Crippen LogP contribution is -2.15. The lowest BCUT2D eigenvalue weighted by Gasteiger charge is -2.04. The fourth-order valence-corrected chi connectivity index (χ4v) is 2.38. The SMILES string of the molecule is COC(=O)/C(=C/c1ccccc1)C(=O)c1cc2ccccc2[nH]1. The van der Waals surface area contributed by atoms with Gasteiger partial charge in [0.25, 0.3) is 0 Å². The summed E-state index contributed by atoms with van der Waals surface area (Å²) in [5.74, 6) is -1.05. The standard InChI is InChI=1S/C19H15NO3/c1-23-19(22)15(11-13-7-3-2-4-8-13)18(21)17-12-14-9-5-6-10-16(14)20-17/h2-12,20H,1H3/b15-11+. The number of Topliss-reactive ketones (excluding diaryl/α,β-unsaturated/α-hetero) is 1. The van der Waals surface area contributed by atoms with Crippen LogP contribution in [0.15, 0.2) is 66.2 Å². The van der Waals surface area contributed by atoms with Crippen LogP contribution >= 0.6 is 0 Å². The van der Waals surface area contributed by atoms with Gasteiger partial charge in [0.15, 0.2) is 0 Å². The molecule has 0 spiro atoms. The average Bonchev–Trinajstić information content (AvgIpc) is 3.03. The fraction of sp³-hybridized carbons (Fsp3) is 0.0526. The van der Waals surface area contributed by atoms with Crippen molar-refractivity contribution in [3.8, 4) is 0 Å². The number of ketones is 1. The van der Waals surface area contributed by atoms with E-state index in [1.807, 2.05) is 54.6 Å². The van der Waals surface area contributed by atoms with Gasteiger partial charge in [0.2, 0.25) is 5.78 Å². The molecule has 0 saturated heterocycles. The van der Waals surface area contributed by atoms with E-state index in [-0.39, 0.29) is 5.57 Å². The number of benzene rings is 2. The van der Waals surface area contributed by atoms with Crippen LogP contribution < -0.4 is 0 Å². The van der Waals surface area contributed by atoms with Crippen LogP contribution in [0.25, 0.3) is 17.0 Å². The quantitative estimate of drug-likeness (QED) is 0.263. The van der Waals surface area contributed by atoms with Gasteiger partial charge < -0.3 is 9.72 Å². The Morgan fingerprint density at radius 3 is 2.39 bits per heavy atom.